The number of nitro benzene ring substituents is 1. The first-order chi connectivity index (χ1) is 14.7. The molecular weight excluding hydrogens is 432 g/mol. The number of sulfonamides is 1. The predicted octanol–water partition coefficient (Wildman–Crippen LogP) is 3.71. The quantitative estimate of drug-likeness (QED) is 0.439. The molecule has 0 bridgehead atoms. The van der Waals surface area contributed by atoms with Crippen LogP contribution in [0.3, 0.4) is 0 Å². The van der Waals surface area contributed by atoms with Crippen LogP contribution in [-0.2, 0) is 14.8 Å². The van der Waals surface area contributed by atoms with Gasteiger partial charge in [0.25, 0.3) is 15.7 Å². The molecule has 0 saturated heterocycles. The van der Waals surface area contributed by atoms with Crippen molar-refractivity contribution in [2.24, 2.45) is 0 Å². The molecule has 11 heteroatoms. The van der Waals surface area contributed by atoms with Gasteiger partial charge in [-0.2, -0.15) is 0 Å². The monoisotopic (exact) mass is 447 g/mol. The molecule has 0 heterocycles. The highest BCUT2D eigenvalue weighted by atomic mass is 32.2. The van der Waals surface area contributed by atoms with Crippen molar-refractivity contribution in [1.29, 1.82) is 0 Å². The standard InChI is InChI=1S/C20H15F2N3O5S/c21-15-9-6-10-16(22)20(15)23-19(26)13-24(14-7-2-1-3-8-14)31(29,30)18-12-5-4-11-17(18)25(27)28/h1-12H,13H2,(H,23,26). The van der Waals surface area contributed by atoms with Crippen molar-refractivity contribution in [2.45, 2.75) is 4.90 Å². The highest BCUT2D eigenvalue weighted by molar-refractivity contribution is 7.93. The Labute approximate surface area is 175 Å². The fourth-order valence-electron chi connectivity index (χ4n) is 2.78. The van der Waals surface area contributed by atoms with Gasteiger partial charge in [0.05, 0.1) is 10.6 Å². The summed E-state index contributed by atoms with van der Waals surface area (Å²) in [5.41, 5.74) is -1.38. The Kier molecular flexibility index (Phi) is 6.25. The van der Waals surface area contributed by atoms with Crippen LogP contribution in [0.1, 0.15) is 0 Å². The minimum Gasteiger partial charge on any atom is -0.320 e. The number of carbonyl (C=O) groups excluding carboxylic acids is 1. The number of hydrogen-bond acceptors (Lipinski definition) is 5. The second-order valence-corrected chi connectivity index (χ2v) is 8.05. The molecule has 0 aromatic heterocycles. The number of para-hydroxylation sites is 3. The van der Waals surface area contributed by atoms with Crippen molar-refractivity contribution in [3.8, 4) is 0 Å². The molecule has 0 spiro atoms. The van der Waals surface area contributed by atoms with Crippen LogP contribution in [0.4, 0.5) is 25.8 Å². The normalized spacial score (nSPS) is 11.0. The molecule has 31 heavy (non-hydrogen) atoms. The Bertz CT molecular complexity index is 1220. The summed E-state index contributed by atoms with van der Waals surface area (Å²) in [7, 11) is -4.59. The number of amides is 1. The van der Waals surface area contributed by atoms with E-state index >= 15 is 0 Å². The molecule has 0 saturated carbocycles. The van der Waals surface area contributed by atoms with Crippen LogP contribution in [0, 0.1) is 21.7 Å². The highest BCUT2D eigenvalue weighted by Crippen LogP contribution is 2.30. The SMILES string of the molecule is O=C(CN(c1ccccc1)S(=O)(=O)c1ccccc1[N+](=O)[O-])Nc1c(F)cccc1F. The van der Waals surface area contributed by atoms with Crippen molar-refractivity contribution < 1.29 is 26.9 Å². The van der Waals surface area contributed by atoms with E-state index < -0.39 is 55.3 Å². The van der Waals surface area contributed by atoms with Gasteiger partial charge in [-0.25, -0.2) is 17.2 Å². The van der Waals surface area contributed by atoms with Gasteiger partial charge < -0.3 is 5.32 Å². The molecule has 8 nitrogen and oxygen atoms in total. The lowest BCUT2D eigenvalue weighted by Gasteiger charge is -2.24. The number of nitro groups is 1. The molecule has 0 fully saturated rings. The summed E-state index contributed by atoms with van der Waals surface area (Å²) in [6.07, 6.45) is 0. The smallest absolute Gasteiger partial charge is 0.289 e. The second kappa shape index (κ2) is 8.88. The van der Waals surface area contributed by atoms with Gasteiger partial charge in [0.15, 0.2) is 4.90 Å². The van der Waals surface area contributed by atoms with Gasteiger partial charge in [-0.3, -0.25) is 19.2 Å². The summed E-state index contributed by atoms with van der Waals surface area (Å²) >= 11 is 0. The summed E-state index contributed by atoms with van der Waals surface area (Å²) in [5.74, 6) is -3.13. The van der Waals surface area contributed by atoms with Gasteiger partial charge in [0.2, 0.25) is 5.91 Å². The number of anilines is 2. The number of carbonyl (C=O) groups is 1. The highest BCUT2D eigenvalue weighted by Gasteiger charge is 2.33. The first-order valence-electron chi connectivity index (χ1n) is 8.77. The zero-order valence-electron chi connectivity index (χ0n) is 15.7. The topological polar surface area (TPSA) is 110 Å². The van der Waals surface area contributed by atoms with Crippen molar-refractivity contribution in [3.05, 3.63) is 94.5 Å². The van der Waals surface area contributed by atoms with Gasteiger partial charge in [-0.15, -0.1) is 0 Å². The van der Waals surface area contributed by atoms with E-state index in [1.54, 1.807) is 6.07 Å². The van der Waals surface area contributed by atoms with Crippen molar-refractivity contribution in [1.82, 2.24) is 0 Å². The third-order valence-electron chi connectivity index (χ3n) is 4.19. The van der Waals surface area contributed by atoms with Crippen LogP contribution in [0.25, 0.3) is 0 Å². The van der Waals surface area contributed by atoms with Crippen LogP contribution >= 0.6 is 0 Å². The van der Waals surface area contributed by atoms with Crippen LogP contribution in [0.2, 0.25) is 0 Å². The first kappa shape index (κ1) is 21.8. The van der Waals surface area contributed by atoms with Gasteiger partial charge in [0.1, 0.15) is 23.9 Å². The summed E-state index contributed by atoms with van der Waals surface area (Å²) < 4.78 is 54.9. The Morgan fingerprint density at radius 2 is 1.52 bits per heavy atom. The lowest BCUT2D eigenvalue weighted by atomic mass is 10.3. The Morgan fingerprint density at radius 3 is 2.13 bits per heavy atom. The first-order valence-corrected chi connectivity index (χ1v) is 10.2. The molecule has 1 N–H and O–H groups in total. The number of hydrogen-bond donors (Lipinski definition) is 1. The average molecular weight is 447 g/mol. The van der Waals surface area contributed by atoms with Gasteiger partial charge in [-0.05, 0) is 30.3 Å². The number of benzene rings is 3. The minimum absolute atomic E-state index is 0.0322. The summed E-state index contributed by atoms with van der Waals surface area (Å²) in [4.78, 5) is 22.4. The lowest BCUT2D eigenvalue weighted by molar-refractivity contribution is -0.387. The van der Waals surface area contributed by atoms with Crippen LogP contribution in [0.5, 0.6) is 0 Å². The van der Waals surface area contributed by atoms with E-state index in [1.165, 1.54) is 36.4 Å². The third-order valence-corrected chi connectivity index (χ3v) is 6.01. The molecular formula is C20H15F2N3O5S. The Balaban J connectivity index is 2.02. The van der Waals surface area contributed by atoms with Crippen LogP contribution < -0.4 is 9.62 Å². The van der Waals surface area contributed by atoms with Crippen molar-refractivity contribution in [3.63, 3.8) is 0 Å². The molecule has 160 valence electrons. The Hall–Kier alpha value is -3.86. The van der Waals surface area contributed by atoms with Gasteiger partial charge in [-0.1, -0.05) is 36.4 Å². The maximum absolute atomic E-state index is 13.9. The summed E-state index contributed by atoms with van der Waals surface area (Å²) in [6, 6.07) is 15.0. The molecule has 3 rings (SSSR count). The molecule has 0 aliphatic carbocycles. The fourth-order valence-corrected chi connectivity index (χ4v) is 4.36. The minimum atomic E-state index is -4.59. The zero-order valence-corrected chi connectivity index (χ0v) is 16.6. The molecule has 1 amide bonds. The van der Waals surface area contributed by atoms with E-state index in [4.69, 9.17) is 0 Å². The Morgan fingerprint density at radius 1 is 0.935 bits per heavy atom. The predicted molar refractivity (Wildman–Crippen MR) is 109 cm³/mol. The molecule has 0 radical (unpaired) electrons. The molecule has 0 aliphatic rings. The van der Waals surface area contributed by atoms with Crippen LogP contribution in [0.15, 0.2) is 77.7 Å². The maximum atomic E-state index is 13.9. The van der Waals surface area contributed by atoms with E-state index in [-0.39, 0.29) is 5.69 Å². The number of halogens is 2. The van der Waals surface area contributed by atoms with Crippen LogP contribution in [-0.4, -0.2) is 25.8 Å². The van der Waals surface area contributed by atoms with Crippen molar-refractivity contribution >= 4 is 33.0 Å². The molecule has 0 unspecified atom stereocenters. The fraction of sp³-hybridized carbons (Fsp3) is 0.0500. The van der Waals surface area contributed by atoms with E-state index in [2.05, 4.69) is 0 Å². The summed E-state index contributed by atoms with van der Waals surface area (Å²) in [6.45, 7) is -0.883. The number of nitrogens with zero attached hydrogens (tertiary/aromatic N) is 2. The number of rotatable bonds is 7. The maximum Gasteiger partial charge on any atom is 0.289 e. The van der Waals surface area contributed by atoms with Crippen molar-refractivity contribution in [2.75, 3.05) is 16.2 Å². The van der Waals surface area contributed by atoms with Gasteiger partial charge >= 0.3 is 0 Å². The lowest BCUT2D eigenvalue weighted by Crippen LogP contribution is -2.38. The van der Waals surface area contributed by atoms with Gasteiger partial charge in [0, 0.05) is 6.07 Å². The second-order valence-electron chi connectivity index (χ2n) is 6.22. The van der Waals surface area contributed by atoms with E-state index in [9.17, 15) is 32.1 Å². The zero-order chi connectivity index (χ0) is 22.6. The largest absolute Gasteiger partial charge is 0.320 e. The average Bonchev–Trinajstić information content (AvgIpc) is 2.75. The molecule has 3 aromatic carbocycles. The van der Waals surface area contributed by atoms with E-state index in [0.29, 0.717) is 4.31 Å². The molecule has 0 aliphatic heterocycles. The molecule has 3 aromatic rings. The summed E-state index contributed by atoms with van der Waals surface area (Å²) in [5, 5.41) is 13.3. The number of nitrogens with one attached hydrogen (secondary N) is 1. The van der Waals surface area contributed by atoms with E-state index in [1.807, 2.05) is 5.32 Å². The third kappa shape index (κ3) is 4.67. The van der Waals surface area contributed by atoms with E-state index in [0.717, 1.165) is 30.3 Å². The molecule has 0 atom stereocenters.